The zero-order valence-electron chi connectivity index (χ0n) is 8.12. The summed E-state index contributed by atoms with van der Waals surface area (Å²) in [6.07, 6.45) is 0. The molecule has 0 bridgehead atoms. The molecule has 0 fully saturated rings. The van der Waals surface area contributed by atoms with E-state index in [0.717, 1.165) is 17.2 Å². The van der Waals surface area contributed by atoms with Gasteiger partial charge in [-0.1, -0.05) is 18.2 Å². The molecule has 3 heteroatoms. The molecule has 0 heterocycles. The van der Waals surface area contributed by atoms with Crippen molar-refractivity contribution in [1.29, 1.82) is 0 Å². The largest absolute Gasteiger partial charge is 0.339 e. The van der Waals surface area contributed by atoms with Gasteiger partial charge in [0, 0.05) is 4.90 Å². The van der Waals surface area contributed by atoms with Crippen molar-refractivity contribution in [3.05, 3.63) is 30.3 Å². The van der Waals surface area contributed by atoms with Gasteiger partial charge >= 0.3 is 0 Å². The molecule has 0 amide bonds. The number of nitrogens with one attached hydrogen (secondary N) is 1. The molecule has 0 unspecified atom stereocenters. The quantitative estimate of drug-likeness (QED) is 0.719. The second-order valence-corrected chi connectivity index (χ2v) is 4.89. The highest BCUT2D eigenvalue weighted by atomic mass is 32.2. The van der Waals surface area contributed by atoms with E-state index in [2.05, 4.69) is 14.1 Å². The van der Waals surface area contributed by atoms with Crippen LogP contribution in [0.15, 0.2) is 35.2 Å². The molecule has 1 N–H and O–H groups in total. The van der Waals surface area contributed by atoms with E-state index in [1.807, 2.05) is 30.3 Å². The standard InChI is InChI=1S/C10H15NOS/c1-11(2)8-9-13(12)10-6-4-3-5-7-10/h3-7H,8-9H2,1-2H3/p+1/t13-/m0/s1. The van der Waals surface area contributed by atoms with E-state index < -0.39 is 10.8 Å². The van der Waals surface area contributed by atoms with Crippen LogP contribution in [0.2, 0.25) is 0 Å². The molecule has 1 rings (SSSR count). The molecule has 1 aromatic rings. The maximum Gasteiger partial charge on any atom is 0.0887 e. The molecule has 0 aliphatic carbocycles. The molecule has 0 saturated carbocycles. The van der Waals surface area contributed by atoms with Crippen LogP contribution < -0.4 is 4.90 Å². The summed E-state index contributed by atoms with van der Waals surface area (Å²) in [6.45, 7) is 0.946. The summed E-state index contributed by atoms with van der Waals surface area (Å²) in [5.41, 5.74) is 0. The van der Waals surface area contributed by atoms with E-state index in [9.17, 15) is 4.21 Å². The summed E-state index contributed by atoms with van der Waals surface area (Å²) in [7, 11) is 3.32. The minimum absolute atomic E-state index is 0.742. The smallest absolute Gasteiger partial charge is 0.0887 e. The zero-order chi connectivity index (χ0) is 9.68. The summed E-state index contributed by atoms with van der Waals surface area (Å²) in [4.78, 5) is 2.27. The number of hydrogen-bond acceptors (Lipinski definition) is 1. The molecule has 0 saturated heterocycles. The molecule has 0 radical (unpaired) electrons. The van der Waals surface area contributed by atoms with Gasteiger partial charge in [-0.25, -0.2) is 0 Å². The van der Waals surface area contributed by atoms with Gasteiger partial charge in [-0.2, -0.15) is 0 Å². The van der Waals surface area contributed by atoms with Crippen LogP contribution in [-0.2, 0) is 10.8 Å². The molecular formula is C10H16NOS+. The van der Waals surface area contributed by atoms with E-state index in [1.54, 1.807) is 0 Å². The summed E-state index contributed by atoms with van der Waals surface area (Å²) in [6, 6.07) is 9.63. The maximum atomic E-state index is 11.6. The predicted molar refractivity (Wildman–Crippen MR) is 55.4 cm³/mol. The highest BCUT2D eigenvalue weighted by Crippen LogP contribution is 2.03. The third-order valence-electron chi connectivity index (χ3n) is 1.79. The molecule has 2 nitrogen and oxygen atoms in total. The fourth-order valence-electron chi connectivity index (χ4n) is 0.987. The van der Waals surface area contributed by atoms with Gasteiger partial charge in [-0.15, -0.1) is 0 Å². The molecule has 1 atom stereocenters. The van der Waals surface area contributed by atoms with E-state index in [0.29, 0.717) is 0 Å². The van der Waals surface area contributed by atoms with E-state index in [1.165, 1.54) is 4.90 Å². The molecule has 72 valence electrons. The molecular weight excluding hydrogens is 182 g/mol. The van der Waals surface area contributed by atoms with Gasteiger partial charge in [0.15, 0.2) is 0 Å². The Morgan fingerprint density at radius 3 is 2.38 bits per heavy atom. The predicted octanol–water partition coefficient (Wildman–Crippen LogP) is -0.0613. The van der Waals surface area contributed by atoms with Crippen molar-refractivity contribution in [2.24, 2.45) is 0 Å². The SMILES string of the molecule is C[NH+](C)CC[S@](=O)c1ccccc1. The number of benzene rings is 1. The van der Waals surface area contributed by atoms with Crippen LogP contribution in [0.3, 0.4) is 0 Å². The van der Waals surface area contributed by atoms with Gasteiger partial charge in [-0.05, 0) is 12.1 Å². The summed E-state index contributed by atoms with van der Waals surface area (Å²) in [5.74, 6) is 0.742. The number of rotatable bonds is 4. The van der Waals surface area contributed by atoms with Crippen LogP contribution in [0.1, 0.15) is 0 Å². The lowest BCUT2D eigenvalue weighted by molar-refractivity contribution is -0.855. The minimum Gasteiger partial charge on any atom is -0.339 e. The first-order valence-electron chi connectivity index (χ1n) is 4.42. The van der Waals surface area contributed by atoms with E-state index in [-0.39, 0.29) is 0 Å². The lowest BCUT2D eigenvalue weighted by Gasteiger charge is -2.06. The van der Waals surface area contributed by atoms with Gasteiger partial charge < -0.3 is 4.90 Å². The third kappa shape index (κ3) is 3.70. The lowest BCUT2D eigenvalue weighted by atomic mass is 10.4. The second-order valence-electron chi connectivity index (χ2n) is 3.32. The van der Waals surface area contributed by atoms with Crippen LogP contribution in [0.4, 0.5) is 0 Å². The van der Waals surface area contributed by atoms with Crippen molar-refractivity contribution in [2.45, 2.75) is 4.90 Å². The van der Waals surface area contributed by atoms with Crippen molar-refractivity contribution in [2.75, 3.05) is 26.4 Å². The van der Waals surface area contributed by atoms with Crippen LogP contribution >= 0.6 is 0 Å². The first-order valence-corrected chi connectivity index (χ1v) is 5.74. The Bertz CT molecular complexity index is 272. The summed E-state index contributed by atoms with van der Waals surface area (Å²) >= 11 is 0. The normalized spacial score (nSPS) is 13.2. The fourth-order valence-corrected chi connectivity index (χ4v) is 2.28. The average molecular weight is 198 g/mol. The highest BCUT2D eigenvalue weighted by Gasteiger charge is 2.04. The Hall–Kier alpha value is -0.670. The Kier molecular flexibility index (Phi) is 4.12. The van der Waals surface area contributed by atoms with Crippen LogP contribution in [0.25, 0.3) is 0 Å². The Balaban J connectivity index is 2.50. The summed E-state index contributed by atoms with van der Waals surface area (Å²) in [5, 5.41) is 0. The van der Waals surface area contributed by atoms with Gasteiger partial charge in [0.25, 0.3) is 0 Å². The maximum absolute atomic E-state index is 11.6. The summed E-state index contributed by atoms with van der Waals surface area (Å²) < 4.78 is 11.6. The first kappa shape index (κ1) is 10.4. The monoisotopic (exact) mass is 198 g/mol. The molecule has 13 heavy (non-hydrogen) atoms. The van der Waals surface area contributed by atoms with Gasteiger partial charge in [-0.3, -0.25) is 4.21 Å². The van der Waals surface area contributed by atoms with Crippen molar-refractivity contribution in [3.63, 3.8) is 0 Å². The van der Waals surface area contributed by atoms with Crippen LogP contribution in [-0.4, -0.2) is 30.6 Å². The van der Waals surface area contributed by atoms with Gasteiger partial charge in [0.1, 0.15) is 0 Å². The Labute approximate surface area is 82.0 Å². The molecule has 0 spiro atoms. The van der Waals surface area contributed by atoms with Crippen LogP contribution in [0.5, 0.6) is 0 Å². The van der Waals surface area contributed by atoms with Crippen molar-refractivity contribution >= 4 is 10.8 Å². The van der Waals surface area contributed by atoms with Crippen molar-refractivity contribution < 1.29 is 9.11 Å². The lowest BCUT2D eigenvalue weighted by Crippen LogP contribution is -3.06. The van der Waals surface area contributed by atoms with Crippen molar-refractivity contribution in [1.82, 2.24) is 0 Å². The van der Waals surface area contributed by atoms with E-state index in [4.69, 9.17) is 0 Å². The van der Waals surface area contributed by atoms with Gasteiger partial charge in [0.2, 0.25) is 0 Å². The minimum atomic E-state index is -0.825. The number of hydrogen-bond donors (Lipinski definition) is 1. The molecule has 0 aliphatic heterocycles. The second kappa shape index (κ2) is 5.14. The van der Waals surface area contributed by atoms with Crippen molar-refractivity contribution in [3.8, 4) is 0 Å². The van der Waals surface area contributed by atoms with E-state index >= 15 is 0 Å². The fraction of sp³-hybridized carbons (Fsp3) is 0.400. The highest BCUT2D eigenvalue weighted by molar-refractivity contribution is 7.85. The Morgan fingerprint density at radius 2 is 1.85 bits per heavy atom. The topological polar surface area (TPSA) is 21.5 Å². The van der Waals surface area contributed by atoms with Crippen LogP contribution in [0, 0.1) is 0 Å². The molecule has 0 aromatic heterocycles. The molecule has 1 aromatic carbocycles. The molecule has 0 aliphatic rings. The third-order valence-corrected chi connectivity index (χ3v) is 3.17. The number of quaternary nitrogens is 1. The Morgan fingerprint density at radius 1 is 1.23 bits per heavy atom. The first-order chi connectivity index (χ1) is 6.20. The zero-order valence-corrected chi connectivity index (χ0v) is 8.93. The average Bonchev–Trinajstić information content (AvgIpc) is 2.15. The van der Waals surface area contributed by atoms with Gasteiger partial charge in [0.05, 0.1) is 37.2 Å².